The summed E-state index contributed by atoms with van der Waals surface area (Å²) in [6, 6.07) is 10.1. The first-order valence-corrected chi connectivity index (χ1v) is 5.98. The van der Waals surface area contributed by atoms with E-state index in [-0.39, 0.29) is 5.60 Å². The van der Waals surface area contributed by atoms with Crippen LogP contribution < -0.4 is 0 Å². The van der Waals surface area contributed by atoms with Crippen LogP contribution in [0.4, 0.5) is 0 Å². The van der Waals surface area contributed by atoms with Crippen LogP contribution in [-0.4, -0.2) is 30.8 Å². The highest BCUT2D eigenvalue weighted by Crippen LogP contribution is 2.12. The minimum Gasteiger partial charge on any atom is -0.376 e. The molecule has 1 unspecified atom stereocenters. The molecule has 1 atom stereocenters. The number of hydrogen-bond acceptors (Lipinski definition) is 2. The molecule has 0 radical (unpaired) electrons. The number of hydrogen-bond donors (Lipinski definition) is 0. The normalized spacial score (nSPS) is 15.4. The average Bonchev–Trinajstić information content (AvgIpc) is 2.30. The van der Waals surface area contributed by atoms with Crippen LogP contribution in [0.5, 0.6) is 0 Å². The predicted molar refractivity (Wildman–Crippen MR) is 68.1 cm³/mol. The first kappa shape index (κ1) is 12.4. The number of ether oxygens (including phenoxy) is 1. The largest absolute Gasteiger partial charge is 0.376 e. The van der Waals surface area contributed by atoms with Crippen LogP contribution in [-0.2, 0) is 4.74 Å². The van der Waals surface area contributed by atoms with Crippen molar-refractivity contribution in [2.24, 2.45) is 4.99 Å². The third kappa shape index (κ3) is 4.14. The van der Waals surface area contributed by atoms with Crippen molar-refractivity contribution in [1.82, 2.24) is 0 Å². The zero-order valence-electron chi connectivity index (χ0n) is 9.11. The van der Waals surface area contributed by atoms with Crippen molar-refractivity contribution in [1.29, 1.82) is 0 Å². The maximum Gasteiger partial charge on any atom is 0.0941 e. The Morgan fingerprint density at radius 1 is 1.40 bits per heavy atom. The van der Waals surface area contributed by atoms with Gasteiger partial charge in [0.15, 0.2) is 0 Å². The summed E-state index contributed by atoms with van der Waals surface area (Å²) in [6.07, 6.45) is 1.87. The zero-order chi connectivity index (χ0) is 11.1. The summed E-state index contributed by atoms with van der Waals surface area (Å²) in [5, 5.41) is 0.780. The molecule has 0 heterocycles. The molecular formula is C12H16BrNO. The van der Waals surface area contributed by atoms with Crippen molar-refractivity contribution in [3.05, 3.63) is 35.9 Å². The summed E-state index contributed by atoms with van der Waals surface area (Å²) in [4.78, 5) is 4.38. The number of halogens is 1. The highest BCUT2D eigenvalue weighted by molar-refractivity contribution is 9.09. The van der Waals surface area contributed by atoms with Crippen LogP contribution in [0.2, 0.25) is 0 Å². The van der Waals surface area contributed by atoms with Gasteiger partial charge in [0.1, 0.15) is 0 Å². The van der Waals surface area contributed by atoms with Gasteiger partial charge in [-0.3, -0.25) is 4.99 Å². The number of nitrogens with zero attached hydrogens (tertiary/aromatic N) is 1. The number of methoxy groups -OCH3 is 1. The maximum atomic E-state index is 5.36. The minimum absolute atomic E-state index is 0.217. The molecule has 0 N–H and O–H groups in total. The van der Waals surface area contributed by atoms with E-state index < -0.39 is 0 Å². The van der Waals surface area contributed by atoms with Gasteiger partial charge in [-0.15, -0.1) is 0 Å². The lowest BCUT2D eigenvalue weighted by molar-refractivity contribution is 0.0366. The van der Waals surface area contributed by atoms with Crippen LogP contribution in [0, 0.1) is 0 Å². The fraction of sp³-hybridized carbons (Fsp3) is 0.417. The van der Waals surface area contributed by atoms with Crippen LogP contribution >= 0.6 is 15.9 Å². The Morgan fingerprint density at radius 3 is 2.60 bits per heavy atom. The molecule has 2 nitrogen and oxygen atoms in total. The highest BCUT2D eigenvalue weighted by atomic mass is 79.9. The molecule has 15 heavy (non-hydrogen) atoms. The molecule has 0 amide bonds. The van der Waals surface area contributed by atoms with Crippen molar-refractivity contribution in [2.45, 2.75) is 12.5 Å². The number of benzene rings is 1. The van der Waals surface area contributed by atoms with E-state index in [1.54, 1.807) is 7.11 Å². The van der Waals surface area contributed by atoms with Crippen LogP contribution in [0.25, 0.3) is 0 Å². The fourth-order valence-corrected chi connectivity index (χ4v) is 1.45. The topological polar surface area (TPSA) is 21.6 Å². The lowest BCUT2D eigenvalue weighted by atomic mass is 10.1. The van der Waals surface area contributed by atoms with Gasteiger partial charge in [-0.1, -0.05) is 46.3 Å². The van der Waals surface area contributed by atoms with Gasteiger partial charge < -0.3 is 4.74 Å². The van der Waals surface area contributed by atoms with E-state index in [0.29, 0.717) is 6.54 Å². The fourth-order valence-electron chi connectivity index (χ4n) is 1.04. The molecule has 0 aliphatic carbocycles. The summed E-state index contributed by atoms with van der Waals surface area (Å²) in [7, 11) is 1.71. The Morgan fingerprint density at radius 2 is 2.07 bits per heavy atom. The Balaban J connectivity index is 2.53. The second-order valence-corrected chi connectivity index (χ2v) is 4.23. The lowest BCUT2D eigenvalue weighted by Gasteiger charge is -2.22. The van der Waals surface area contributed by atoms with Crippen LogP contribution in [0.1, 0.15) is 12.5 Å². The molecular weight excluding hydrogens is 254 g/mol. The van der Waals surface area contributed by atoms with Crippen molar-refractivity contribution < 1.29 is 4.74 Å². The molecule has 3 heteroatoms. The molecule has 1 aromatic carbocycles. The molecule has 0 bridgehead atoms. The molecule has 0 aliphatic heterocycles. The SMILES string of the molecule is COC(C)(CBr)CN=Cc1ccccc1. The van der Waals surface area contributed by atoms with E-state index in [1.807, 2.05) is 43.5 Å². The highest BCUT2D eigenvalue weighted by Gasteiger charge is 2.20. The number of aliphatic imine (C=N–C) groups is 1. The van der Waals surface area contributed by atoms with E-state index in [2.05, 4.69) is 20.9 Å². The van der Waals surface area contributed by atoms with Crippen molar-refractivity contribution in [2.75, 3.05) is 19.0 Å². The summed E-state index contributed by atoms with van der Waals surface area (Å²) < 4.78 is 5.36. The summed E-state index contributed by atoms with van der Waals surface area (Å²) in [5.41, 5.74) is 0.899. The first-order valence-electron chi connectivity index (χ1n) is 4.86. The summed E-state index contributed by atoms with van der Waals surface area (Å²) in [5.74, 6) is 0. The van der Waals surface area contributed by atoms with Crippen molar-refractivity contribution in [3.63, 3.8) is 0 Å². The maximum absolute atomic E-state index is 5.36. The standard InChI is InChI=1S/C12H16BrNO/c1-12(9-13,15-2)10-14-8-11-6-4-3-5-7-11/h3-8H,9-10H2,1-2H3. The van der Waals surface area contributed by atoms with E-state index in [0.717, 1.165) is 10.9 Å². The summed E-state index contributed by atoms with van der Waals surface area (Å²) >= 11 is 3.42. The summed E-state index contributed by atoms with van der Waals surface area (Å²) in [6.45, 7) is 2.69. The third-order valence-corrected chi connectivity index (χ3v) is 3.43. The van der Waals surface area contributed by atoms with Gasteiger partial charge in [0.05, 0.1) is 12.1 Å². The molecule has 0 saturated heterocycles. The van der Waals surface area contributed by atoms with Gasteiger partial charge in [-0.05, 0) is 12.5 Å². The van der Waals surface area contributed by atoms with E-state index in [4.69, 9.17) is 4.74 Å². The minimum atomic E-state index is -0.217. The van der Waals surface area contributed by atoms with E-state index in [1.165, 1.54) is 0 Å². The van der Waals surface area contributed by atoms with Gasteiger partial charge in [0, 0.05) is 18.7 Å². The molecule has 0 aromatic heterocycles. The van der Waals surface area contributed by atoms with Crippen LogP contribution in [0.15, 0.2) is 35.3 Å². The Hall–Kier alpha value is -0.670. The monoisotopic (exact) mass is 269 g/mol. The van der Waals surface area contributed by atoms with Gasteiger partial charge in [0.25, 0.3) is 0 Å². The Bertz CT molecular complexity index is 307. The second kappa shape index (κ2) is 6.03. The Labute approximate surface area is 99.5 Å². The molecule has 1 rings (SSSR count). The molecule has 1 aromatic rings. The predicted octanol–water partition coefficient (Wildman–Crippen LogP) is 2.91. The molecule has 0 spiro atoms. The van der Waals surface area contributed by atoms with E-state index in [9.17, 15) is 0 Å². The molecule has 0 saturated carbocycles. The van der Waals surface area contributed by atoms with Crippen LogP contribution in [0.3, 0.4) is 0 Å². The quantitative estimate of drug-likeness (QED) is 0.595. The molecule has 82 valence electrons. The van der Waals surface area contributed by atoms with Crippen molar-refractivity contribution >= 4 is 22.1 Å². The smallest absolute Gasteiger partial charge is 0.0941 e. The van der Waals surface area contributed by atoms with Gasteiger partial charge in [-0.25, -0.2) is 0 Å². The van der Waals surface area contributed by atoms with Gasteiger partial charge in [-0.2, -0.15) is 0 Å². The van der Waals surface area contributed by atoms with Crippen molar-refractivity contribution in [3.8, 4) is 0 Å². The molecule has 0 fully saturated rings. The van der Waals surface area contributed by atoms with E-state index >= 15 is 0 Å². The third-order valence-electron chi connectivity index (χ3n) is 2.24. The number of rotatable bonds is 5. The second-order valence-electron chi connectivity index (χ2n) is 3.67. The molecule has 0 aliphatic rings. The number of alkyl halides is 1. The zero-order valence-corrected chi connectivity index (χ0v) is 10.7. The first-order chi connectivity index (χ1) is 7.20. The lowest BCUT2D eigenvalue weighted by Crippen LogP contribution is -2.32. The van der Waals surface area contributed by atoms with Gasteiger partial charge in [0.2, 0.25) is 0 Å². The average molecular weight is 270 g/mol. The van der Waals surface area contributed by atoms with Gasteiger partial charge >= 0.3 is 0 Å². The Kier molecular flexibility index (Phi) is 4.99.